The Kier molecular flexibility index (Phi) is 12.7. The van der Waals surface area contributed by atoms with E-state index >= 15 is 0 Å². The maximum Gasteiger partial charge on any atom is 0.515 e. The van der Waals surface area contributed by atoms with Crippen molar-refractivity contribution < 1.29 is 44.2 Å². The summed E-state index contributed by atoms with van der Waals surface area (Å²) >= 11 is 0. The van der Waals surface area contributed by atoms with E-state index in [0.717, 1.165) is 27.9 Å². The summed E-state index contributed by atoms with van der Waals surface area (Å²) in [6, 6.07) is 20.3. The van der Waals surface area contributed by atoms with Crippen LogP contribution >= 0.6 is 0 Å². The van der Waals surface area contributed by atoms with Gasteiger partial charge in [-0.1, -0.05) is 93.9 Å². The van der Waals surface area contributed by atoms with E-state index in [1.807, 2.05) is 55.5 Å². The van der Waals surface area contributed by atoms with Crippen molar-refractivity contribution in [3.63, 3.8) is 0 Å². The van der Waals surface area contributed by atoms with Gasteiger partial charge in [0.25, 0.3) is 0 Å². The molecule has 0 spiro atoms. The molecule has 0 radical (unpaired) electrons. The number of aromatic nitrogens is 4. The van der Waals surface area contributed by atoms with Crippen molar-refractivity contribution in [2.45, 2.75) is 66.0 Å². The minimum atomic E-state index is -1.06. The Morgan fingerprint density at radius 3 is 2.29 bits per heavy atom. The monoisotopic (exact) mass is 662 g/mol. The van der Waals surface area contributed by atoms with E-state index < -0.39 is 30.3 Å². The Hall–Kier alpha value is -5.22. The van der Waals surface area contributed by atoms with Crippen molar-refractivity contribution in [3.05, 3.63) is 83.9 Å². The number of para-hydroxylation sites is 1. The maximum absolute atomic E-state index is 13.1. The number of carbonyl (C=O) groups is 3. The molecule has 0 aliphatic carbocycles. The zero-order chi connectivity index (χ0) is 34.6. The van der Waals surface area contributed by atoms with Gasteiger partial charge in [0.1, 0.15) is 18.4 Å². The molecule has 0 saturated carbocycles. The second-order valence-electron chi connectivity index (χ2n) is 11.1. The molecule has 0 unspecified atom stereocenters. The highest BCUT2D eigenvalue weighted by molar-refractivity contribution is 5.84. The summed E-state index contributed by atoms with van der Waals surface area (Å²) in [5.41, 5.74) is 3.44. The Labute approximate surface area is 276 Å². The summed E-state index contributed by atoms with van der Waals surface area (Å²) in [5, 5.41) is 39.4. The standard InChI is InChI=1S/C33H38N6O9/c1-4-5-14-29(40)37(30(22(2)3)32(41)42)19-23-15-17-24(18-16-23)26-11-7-8-12-27(26)31-34-36-38(35-31)21-46-33(43)48-28-13-9-6-10-25(28)20-47-39(44)45/h6-13,15-18,22,30,44-45H,4-5,14,19-21H2,1-3H3,(H,41,42)/t30-/m0/s1. The quantitative estimate of drug-likeness (QED) is 0.0795. The highest BCUT2D eigenvalue weighted by atomic mass is 17.1. The molecule has 0 fully saturated rings. The molecule has 0 aliphatic rings. The SMILES string of the molecule is CCCCC(=O)N(Cc1ccc(-c2ccccc2-c2nnn(COC(=O)Oc3ccccc3CON(O)O)n2)cc1)[C@H](C(=O)O)C(C)C. The summed E-state index contributed by atoms with van der Waals surface area (Å²) in [7, 11) is 0. The first kappa shape index (κ1) is 35.6. The molecule has 1 heterocycles. The Morgan fingerprint density at radius 2 is 1.62 bits per heavy atom. The third kappa shape index (κ3) is 9.65. The number of carbonyl (C=O) groups excluding carboxylic acids is 2. The summed E-state index contributed by atoms with van der Waals surface area (Å²) in [6.07, 6.45) is 0.753. The fraction of sp³-hybridized carbons (Fsp3) is 0.333. The van der Waals surface area contributed by atoms with Crippen LogP contribution in [-0.4, -0.2) is 70.1 Å². The van der Waals surface area contributed by atoms with Gasteiger partial charge in [-0.05, 0) is 40.3 Å². The van der Waals surface area contributed by atoms with Gasteiger partial charge in [-0.2, -0.15) is 0 Å². The van der Waals surface area contributed by atoms with Gasteiger partial charge in [0.05, 0.1) is 5.39 Å². The molecule has 1 aromatic heterocycles. The van der Waals surface area contributed by atoms with E-state index in [2.05, 4.69) is 20.2 Å². The number of carboxylic acids is 1. The number of unbranched alkanes of at least 4 members (excludes halogenated alkanes) is 1. The first-order valence-corrected chi connectivity index (χ1v) is 15.3. The van der Waals surface area contributed by atoms with Crippen LogP contribution in [0.2, 0.25) is 0 Å². The van der Waals surface area contributed by atoms with Gasteiger partial charge in [-0.15, -0.1) is 15.0 Å². The van der Waals surface area contributed by atoms with Gasteiger partial charge < -0.3 is 19.5 Å². The van der Waals surface area contributed by atoms with E-state index in [1.54, 1.807) is 32.0 Å². The number of amides is 1. The fourth-order valence-corrected chi connectivity index (χ4v) is 4.99. The normalized spacial score (nSPS) is 11.8. The lowest BCUT2D eigenvalue weighted by Gasteiger charge is -2.32. The second-order valence-corrected chi connectivity index (χ2v) is 11.1. The van der Waals surface area contributed by atoms with E-state index in [9.17, 15) is 19.5 Å². The molecular weight excluding hydrogens is 624 g/mol. The number of aliphatic carboxylic acids is 1. The van der Waals surface area contributed by atoms with Crippen LogP contribution in [0, 0.1) is 5.92 Å². The number of nitrogens with zero attached hydrogens (tertiary/aromatic N) is 6. The molecule has 3 aromatic carbocycles. The minimum Gasteiger partial charge on any atom is -0.480 e. The molecular formula is C33H38N6O9. The van der Waals surface area contributed by atoms with Crippen LogP contribution in [0.4, 0.5) is 4.79 Å². The Morgan fingerprint density at radius 1 is 0.938 bits per heavy atom. The molecule has 254 valence electrons. The molecule has 1 atom stereocenters. The molecule has 3 N–H and O–H groups in total. The van der Waals surface area contributed by atoms with E-state index in [4.69, 9.17) is 19.9 Å². The average molecular weight is 663 g/mol. The smallest absolute Gasteiger partial charge is 0.480 e. The van der Waals surface area contributed by atoms with Gasteiger partial charge in [0.15, 0.2) is 0 Å². The highest BCUT2D eigenvalue weighted by Gasteiger charge is 2.32. The number of hydrogen-bond donors (Lipinski definition) is 3. The number of tetrazole rings is 1. The van der Waals surface area contributed by atoms with Crippen molar-refractivity contribution in [1.82, 2.24) is 30.5 Å². The van der Waals surface area contributed by atoms with Gasteiger partial charge >= 0.3 is 12.1 Å². The molecule has 0 aliphatic heterocycles. The van der Waals surface area contributed by atoms with Crippen LogP contribution in [0.1, 0.15) is 51.2 Å². The first-order valence-electron chi connectivity index (χ1n) is 15.3. The van der Waals surface area contributed by atoms with Gasteiger partial charge in [0, 0.05) is 24.1 Å². The second kappa shape index (κ2) is 17.1. The van der Waals surface area contributed by atoms with E-state index in [1.165, 1.54) is 11.0 Å². The van der Waals surface area contributed by atoms with Crippen molar-refractivity contribution in [1.29, 1.82) is 0 Å². The van der Waals surface area contributed by atoms with Crippen LogP contribution in [-0.2, 0) is 39.0 Å². The number of rotatable bonds is 16. The molecule has 15 nitrogen and oxygen atoms in total. The topological polar surface area (TPSA) is 190 Å². The predicted octanol–water partition coefficient (Wildman–Crippen LogP) is 5.32. The summed E-state index contributed by atoms with van der Waals surface area (Å²) in [6.45, 7) is 5.06. The van der Waals surface area contributed by atoms with E-state index in [0.29, 0.717) is 17.5 Å². The fourth-order valence-electron chi connectivity index (χ4n) is 4.99. The summed E-state index contributed by atoms with van der Waals surface area (Å²) in [5.74, 6) is -1.11. The zero-order valence-electron chi connectivity index (χ0n) is 26.8. The molecule has 0 bridgehead atoms. The van der Waals surface area contributed by atoms with Crippen LogP contribution in [0.15, 0.2) is 72.8 Å². The Bertz CT molecular complexity index is 1680. The summed E-state index contributed by atoms with van der Waals surface area (Å²) < 4.78 is 10.3. The third-order valence-corrected chi connectivity index (χ3v) is 7.32. The van der Waals surface area contributed by atoms with Crippen LogP contribution in [0.25, 0.3) is 22.5 Å². The van der Waals surface area contributed by atoms with Gasteiger partial charge in [-0.25, -0.2) is 14.4 Å². The van der Waals surface area contributed by atoms with Crippen molar-refractivity contribution >= 4 is 18.0 Å². The Balaban J connectivity index is 1.45. The maximum atomic E-state index is 13.1. The first-order chi connectivity index (χ1) is 23.1. The average Bonchev–Trinajstić information content (AvgIpc) is 3.54. The van der Waals surface area contributed by atoms with Crippen LogP contribution < -0.4 is 4.74 Å². The lowest BCUT2D eigenvalue weighted by molar-refractivity contribution is -0.497. The molecule has 15 heteroatoms. The molecule has 4 rings (SSSR count). The number of hydrogen-bond acceptors (Lipinski definition) is 12. The van der Waals surface area contributed by atoms with Crippen LogP contribution in [0.3, 0.4) is 0 Å². The van der Waals surface area contributed by atoms with Crippen molar-refractivity contribution in [2.24, 2.45) is 5.92 Å². The molecule has 4 aromatic rings. The van der Waals surface area contributed by atoms with Crippen molar-refractivity contribution in [3.8, 4) is 28.3 Å². The molecule has 0 saturated heterocycles. The van der Waals surface area contributed by atoms with Crippen LogP contribution in [0.5, 0.6) is 5.75 Å². The number of carboxylic acid groups (broad SMARTS) is 1. The highest BCUT2D eigenvalue weighted by Crippen LogP contribution is 2.30. The van der Waals surface area contributed by atoms with Crippen molar-refractivity contribution in [2.75, 3.05) is 0 Å². The lowest BCUT2D eigenvalue weighted by atomic mass is 9.97. The lowest BCUT2D eigenvalue weighted by Crippen LogP contribution is -2.47. The zero-order valence-corrected chi connectivity index (χ0v) is 26.8. The number of benzene rings is 3. The van der Waals surface area contributed by atoms with E-state index in [-0.39, 0.29) is 43.0 Å². The number of ether oxygens (including phenoxy) is 2. The van der Waals surface area contributed by atoms with Gasteiger partial charge in [-0.3, -0.25) is 15.2 Å². The summed E-state index contributed by atoms with van der Waals surface area (Å²) in [4.78, 5) is 44.6. The minimum absolute atomic E-state index is 0.0916. The third-order valence-electron chi connectivity index (χ3n) is 7.32. The molecule has 1 amide bonds. The van der Waals surface area contributed by atoms with Gasteiger partial charge in [0.2, 0.25) is 18.5 Å². The molecule has 48 heavy (non-hydrogen) atoms. The largest absolute Gasteiger partial charge is 0.515 e. The predicted molar refractivity (Wildman–Crippen MR) is 169 cm³/mol.